The number of hydrogen-bond acceptors (Lipinski definition) is 0. The van der Waals surface area contributed by atoms with Gasteiger partial charge >= 0.3 is 0 Å². The minimum absolute atomic E-state index is 0.466. The van der Waals surface area contributed by atoms with Crippen LogP contribution in [0.25, 0.3) is 46.4 Å². The van der Waals surface area contributed by atoms with E-state index < -0.39 is 0 Å². The highest BCUT2D eigenvalue weighted by atomic mass is 14.2. The smallest absolute Gasteiger partial charge is 0.00206 e. The molecule has 1 aliphatic rings. The Morgan fingerprint density at radius 2 is 1.82 bits per heavy atom. The van der Waals surface area contributed by atoms with E-state index in [0.717, 1.165) is 10.8 Å². The second-order valence-electron chi connectivity index (χ2n) is 6.06. The van der Waals surface area contributed by atoms with Gasteiger partial charge in [0.2, 0.25) is 0 Å². The third-order valence-corrected chi connectivity index (χ3v) is 4.59. The molecule has 0 heteroatoms. The highest BCUT2D eigenvalue weighted by Gasteiger charge is 2.13. The van der Waals surface area contributed by atoms with Crippen LogP contribution in [0, 0.1) is 5.92 Å². The van der Waals surface area contributed by atoms with Gasteiger partial charge in [0, 0.05) is 0 Å². The highest BCUT2D eigenvalue weighted by molar-refractivity contribution is 6.16. The Balaban J connectivity index is 2.27. The van der Waals surface area contributed by atoms with Gasteiger partial charge in [-0.15, -0.1) is 0 Å². The Hall–Kier alpha value is -2.60. The number of allylic oxidation sites excluding steroid dienone is 2. The monoisotopic (exact) mass is 282 g/mol. The summed E-state index contributed by atoms with van der Waals surface area (Å²) in [5.74, 6) is 0.466. The lowest BCUT2D eigenvalue weighted by atomic mass is 9.90. The van der Waals surface area contributed by atoms with Crippen LogP contribution in [0.15, 0.2) is 49.1 Å². The van der Waals surface area contributed by atoms with Gasteiger partial charge in [0.1, 0.15) is 0 Å². The molecule has 0 aliphatic heterocycles. The van der Waals surface area contributed by atoms with E-state index in [1.54, 1.807) is 0 Å². The Bertz CT molecular complexity index is 1020. The van der Waals surface area contributed by atoms with Crippen LogP contribution in [-0.4, -0.2) is 0 Å². The minimum atomic E-state index is 0.466. The van der Waals surface area contributed by atoms with Crippen LogP contribution in [0.4, 0.5) is 0 Å². The van der Waals surface area contributed by atoms with Crippen LogP contribution in [0.3, 0.4) is 0 Å². The zero-order valence-electron chi connectivity index (χ0n) is 12.8. The molecule has 1 aliphatic carbocycles. The zero-order chi connectivity index (χ0) is 15.3. The van der Waals surface area contributed by atoms with Crippen molar-refractivity contribution < 1.29 is 0 Å². The van der Waals surface area contributed by atoms with Crippen LogP contribution in [0.2, 0.25) is 0 Å². The number of fused-ring (bicyclic) bond motifs is 2. The Morgan fingerprint density at radius 3 is 2.64 bits per heavy atom. The van der Waals surface area contributed by atoms with Crippen LogP contribution in [0.5, 0.6) is 0 Å². The van der Waals surface area contributed by atoms with Crippen molar-refractivity contribution in [3.05, 3.63) is 71.0 Å². The first-order valence-electron chi connectivity index (χ1n) is 7.69. The third kappa shape index (κ3) is 1.77. The molecular formula is C22H18. The largest absolute Gasteiger partial charge is 0.0984 e. The molecule has 0 fully saturated rings. The van der Waals surface area contributed by atoms with Crippen LogP contribution < -0.4 is 5.22 Å². The van der Waals surface area contributed by atoms with Crippen LogP contribution in [0.1, 0.15) is 23.6 Å². The van der Waals surface area contributed by atoms with E-state index in [4.69, 9.17) is 0 Å². The van der Waals surface area contributed by atoms with Gasteiger partial charge in [-0.1, -0.05) is 74.7 Å². The maximum atomic E-state index is 4.22. The van der Waals surface area contributed by atoms with Gasteiger partial charge in [-0.25, -0.2) is 0 Å². The lowest BCUT2D eigenvalue weighted by Gasteiger charge is -2.14. The molecule has 3 aromatic carbocycles. The van der Waals surface area contributed by atoms with E-state index >= 15 is 0 Å². The van der Waals surface area contributed by atoms with Crippen molar-refractivity contribution in [1.82, 2.24) is 0 Å². The maximum absolute atomic E-state index is 4.22. The normalized spacial score (nSPS) is 16.9. The van der Waals surface area contributed by atoms with Gasteiger partial charge in [-0.3, -0.25) is 0 Å². The molecule has 1 unspecified atom stereocenters. The quantitative estimate of drug-likeness (QED) is 0.557. The van der Waals surface area contributed by atoms with E-state index in [1.165, 1.54) is 32.7 Å². The van der Waals surface area contributed by atoms with E-state index in [2.05, 4.69) is 74.7 Å². The zero-order valence-corrected chi connectivity index (χ0v) is 12.8. The summed E-state index contributed by atoms with van der Waals surface area (Å²) in [5, 5.41) is 6.16. The molecular weight excluding hydrogens is 264 g/mol. The van der Waals surface area contributed by atoms with Crippen molar-refractivity contribution in [3.8, 4) is 0 Å². The average molecular weight is 282 g/mol. The predicted molar refractivity (Wildman–Crippen MR) is 99.5 cm³/mol. The summed E-state index contributed by atoms with van der Waals surface area (Å²) in [6.45, 7) is 10.4. The number of benzene rings is 3. The molecule has 0 heterocycles. The molecule has 0 amide bonds. The summed E-state index contributed by atoms with van der Waals surface area (Å²) in [6.07, 6.45) is 10.9. The van der Waals surface area contributed by atoms with Gasteiger partial charge in [0.05, 0.1) is 0 Å². The molecule has 0 N–H and O–H groups in total. The molecule has 4 rings (SSSR count). The summed E-state index contributed by atoms with van der Waals surface area (Å²) >= 11 is 0. The fraction of sp³-hybridized carbons (Fsp3) is 0.0909. The van der Waals surface area contributed by atoms with Gasteiger partial charge < -0.3 is 0 Å². The maximum Gasteiger partial charge on any atom is -0.00206 e. The molecule has 0 saturated heterocycles. The lowest BCUT2D eigenvalue weighted by Crippen LogP contribution is -2.02. The first kappa shape index (κ1) is 13.1. The van der Waals surface area contributed by atoms with Crippen molar-refractivity contribution >= 4 is 46.4 Å². The molecule has 0 saturated carbocycles. The van der Waals surface area contributed by atoms with Gasteiger partial charge in [-0.2, -0.15) is 0 Å². The van der Waals surface area contributed by atoms with Gasteiger partial charge in [-0.05, 0) is 55.4 Å². The van der Waals surface area contributed by atoms with Gasteiger partial charge in [0.25, 0.3) is 0 Å². The van der Waals surface area contributed by atoms with Crippen molar-refractivity contribution in [2.75, 3.05) is 0 Å². The van der Waals surface area contributed by atoms with Gasteiger partial charge in [0.15, 0.2) is 0 Å². The molecule has 106 valence electrons. The Kier molecular flexibility index (Phi) is 2.80. The van der Waals surface area contributed by atoms with E-state index in [1.807, 2.05) is 6.08 Å². The number of rotatable bonds is 1. The van der Waals surface area contributed by atoms with E-state index in [9.17, 15) is 0 Å². The molecule has 0 radical (unpaired) electrons. The van der Waals surface area contributed by atoms with Crippen molar-refractivity contribution in [3.63, 3.8) is 0 Å². The topological polar surface area (TPSA) is 0 Å². The molecule has 0 bridgehead atoms. The van der Waals surface area contributed by atoms with E-state index in [0.29, 0.717) is 5.92 Å². The lowest BCUT2D eigenvalue weighted by molar-refractivity contribution is 0.954. The fourth-order valence-corrected chi connectivity index (χ4v) is 3.43. The van der Waals surface area contributed by atoms with Crippen molar-refractivity contribution in [2.24, 2.45) is 5.92 Å². The van der Waals surface area contributed by atoms with Crippen molar-refractivity contribution in [2.45, 2.75) is 6.92 Å². The molecule has 1 atom stereocenters. The third-order valence-electron chi connectivity index (χ3n) is 4.59. The van der Waals surface area contributed by atoms with Crippen LogP contribution >= 0.6 is 0 Å². The summed E-state index contributed by atoms with van der Waals surface area (Å²) in [5.41, 5.74) is 3.75. The summed E-state index contributed by atoms with van der Waals surface area (Å²) in [6, 6.07) is 11.0. The highest BCUT2D eigenvalue weighted by Crippen LogP contribution is 2.35. The molecule has 0 aromatic heterocycles. The fourth-order valence-electron chi connectivity index (χ4n) is 3.43. The Labute approximate surface area is 130 Å². The minimum Gasteiger partial charge on any atom is -0.0984 e. The molecule has 3 aromatic rings. The first-order valence-corrected chi connectivity index (χ1v) is 7.69. The average Bonchev–Trinajstić information content (AvgIpc) is 2.72. The molecule has 0 spiro atoms. The molecule has 22 heavy (non-hydrogen) atoms. The second kappa shape index (κ2) is 4.71. The predicted octanol–water partition coefficient (Wildman–Crippen LogP) is 5.44. The molecule has 0 nitrogen and oxygen atoms in total. The number of hydrogen-bond donors (Lipinski definition) is 0. The summed E-state index contributed by atoms with van der Waals surface area (Å²) in [4.78, 5) is 0. The second-order valence-corrected chi connectivity index (χ2v) is 6.06. The summed E-state index contributed by atoms with van der Waals surface area (Å²) < 4.78 is 0. The standard InChI is InChI=1S/C22H18/c1-4-16-10-12-20-19-11-6-14(2)5-8-17(19)13-18-9-7-15(3)21(16)22(18)20/h4-14H,1,3H2,2H3. The van der Waals surface area contributed by atoms with Crippen LogP contribution in [-0.2, 0) is 0 Å². The SMILES string of the molecule is C=Cc1ccc2c3c(cc4ccc(=C)c1c42)C=CC(C)C=C3. The first-order chi connectivity index (χ1) is 10.7. The van der Waals surface area contributed by atoms with Crippen molar-refractivity contribution in [1.29, 1.82) is 0 Å². The van der Waals surface area contributed by atoms with E-state index in [-0.39, 0.29) is 0 Å². The summed E-state index contributed by atoms with van der Waals surface area (Å²) in [7, 11) is 0. The Morgan fingerprint density at radius 1 is 1.00 bits per heavy atom.